The number of carbonyl (C=O) groups excluding carboxylic acids is 4. The Hall–Kier alpha value is -2.46. The lowest BCUT2D eigenvalue weighted by molar-refractivity contribution is -0.137. The molecule has 164 valence electrons. The van der Waals surface area contributed by atoms with Crippen molar-refractivity contribution in [3.8, 4) is 0 Å². The molecule has 0 aliphatic carbocycles. The van der Waals surface area contributed by atoms with E-state index in [4.69, 9.17) is 14.2 Å². The summed E-state index contributed by atoms with van der Waals surface area (Å²) in [5, 5.41) is 5.29. The number of nitrogens with one attached hydrogen (secondary N) is 2. The Labute approximate surface area is 170 Å². The van der Waals surface area contributed by atoms with Crippen LogP contribution in [0, 0.1) is 0 Å². The van der Waals surface area contributed by atoms with Gasteiger partial charge >= 0.3 is 6.09 Å². The number of rotatable bonds is 13. The summed E-state index contributed by atoms with van der Waals surface area (Å²) >= 11 is 0. The SMILES string of the molecule is CC(C)(C)OC(=O)NCCOCCOCCNC(=O)CCCN1C(=O)C=CC1=O. The van der Waals surface area contributed by atoms with Crippen LogP contribution in [0.3, 0.4) is 0 Å². The molecule has 0 aromatic heterocycles. The number of ether oxygens (including phenoxy) is 3. The lowest BCUT2D eigenvalue weighted by Crippen LogP contribution is -2.34. The summed E-state index contributed by atoms with van der Waals surface area (Å²) in [6, 6.07) is 0. The highest BCUT2D eigenvalue weighted by Crippen LogP contribution is 2.06. The topological polar surface area (TPSA) is 123 Å². The Kier molecular flexibility index (Phi) is 10.9. The summed E-state index contributed by atoms with van der Waals surface area (Å²) in [7, 11) is 0. The molecule has 1 aliphatic heterocycles. The minimum absolute atomic E-state index is 0.162. The molecule has 0 atom stereocenters. The normalized spacial score (nSPS) is 13.7. The molecule has 10 nitrogen and oxygen atoms in total. The highest BCUT2D eigenvalue weighted by molar-refractivity contribution is 6.12. The monoisotopic (exact) mass is 413 g/mol. The quantitative estimate of drug-likeness (QED) is 0.330. The van der Waals surface area contributed by atoms with Crippen molar-refractivity contribution in [2.45, 2.75) is 39.2 Å². The fourth-order valence-electron chi connectivity index (χ4n) is 2.26. The van der Waals surface area contributed by atoms with Crippen molar-refractivity contribution < 1.29 is 33.4 Å². The average molecular weight is 413 g/mol. The predicted octanol–water partition coefficient (Wildman–Crippen LogP) is 0.366. The van der Waals surface area contributed by atoms with Crippen molar-refractivity contribution in [1.82, 2.24) is 15.5 Å². The van der Waals surface area contributed by atoms with Crippen LogP contribution in [0.15, 0.2) is 12.2 Å². The average Bonchev–Trinajstić information content (AvgIpc) is 2.93. The van der Waals surface area contributed by atoms with Crippen LogP contribution in [0.2, 0.25) is 0 Å². The maximum absolute atomic E-state index is 11.7. The number of nitrogens with zero attached hydrogens (tertiary/aromatic N) is 1. The van der Waals surface area contributed by atoms with E-state index in [1.165, 1.54) is 12.2 Å². The number of amides is 4. The molecule has 0 spiro atoms. The van der Waals surface area contributed by atoms with Gasteiger partial charge in [0.05, 0.1) is 26.4 Å². The zero-order chi connectivity index (χ0) is 21.7. The molecule has 1 aliphatic rings. The molecule has 29 heavy (non-hydrogen) atoms. The van der Waals surface area contributed by atoms with Crippen molar-refractivity contribution >= 4 is 23.8 Å². The lowest BCUT2D eigenvalue weighted by Gasteiger charge is -2.19. The first kappa shape index (κ1) is 24.6. The maximum atomic E-state index is 11.7. The van der Waals surface area contributed by atoms with Crippen molar-refractivity contribution in [2.75, 3.05) is 46.1 Å². The van der Waals surface area contributed by atoms with Gasteiger partial charge in [-0.05, 0) is 27.2 Å². The summed E-state index contributed by atoms with van der Waals surface area (Å²) < 4.78 is 15.7. The molecule has 10 heteroatoms. The van der Waals surface area contributed by atoms with Gasteiger partial charge in [-0.15, -0.1) is 0 Å². The zero-order valence-electron chi connectivity index (χ0n) is 17.3. The Morgan fingerprint density at radius 3 is 2.03 bits per heavy atom. The lowest BCUT2D eigenvalue weighted by atomic mass is 10.2. The Morgan fingerprint density at radius 2 is 1.48 bits per heavy atom. The van der Waals surface area contributed by atoms with Gasteiger partial charge in [0.2, 0.25) is 5.91 Å². The summed E-state index contributed by atoms with van der Waals surface area (Å²) in [6.07, 6.45) is 2.60. The van der Waals surface area contributed by atoms with Crippen LogP contribution >= 0.6 is 0 Å². The molecule has 0 saturated heterocycles. The van der Waals surface area contributed by atoms with E-state index in [1.54, 1.807) is 20.8 Å². The van der Waals surface area contributed by atoms with Crippen LogP contribution in [0.4, 0.5) is 4.79 Å². The van der Waals surface area contributed by atoms with Crippen molar-refractivity contribution in [2.24, 2.45) is 0 Å². The third-order valence-corrected chi connectivity index (χ3v) is 3.54. The third-order valence-electron chi connectivity index (χ3n) is 3.54. The number of hydrogen-bond acceptors (Lipinski definition) is 7. The van der Waals surface area contributed by atoms with E-state index in [0.717, 1.165) is 4.90 Å². The first-order valence-electron chi connectivity index (χ1n) is 9.61. The largest absolute Gasteiger partial charge is 0.444 e. The van der Waals surface area contributed by atoms with Crippen molar-refractivity contribution in [3.63, 3.8) is 0 Å². The Bertz CT molecular complexity index is 581. The second kappa shape index (κ2) is 12.9. The Morgan fingerprint density at radius 1 is 0.931 bits per heavy atom. The molecular weight excluding hydrogens is 382 g/mol. The standard InChI is InChI=1S/C19H31N3O7/c1-19(2,3)29-18(26)21-9-12-28-14-13-27-11-8-20-15(23)5-4-10-22-16(24)6-7-17(22)25/h6-7H,4-5,8-14H2,1-3H3,(H,20,23)(H,21,26). The van der Waals surface area contributed by atoms with Gasteiger partial charge in [0, 0.05) is 38.2 Å². The van der Waals surface area contributed by atoms with Gasteiger partial charge in [-0.1, -0.05) is 0 Å². The minimum atomic E-state index is -0.530. The van der Waals surface area contributed by atoms with Gasteiger partial charge < -0.3 is 24.8 Å². The first-order valence-corrected chi connectivity index (χ1v) is 9.61. The van der Waals surface area contributed by atoms with Crippen LogP contribution in [0.25, 0.3) is 0 Å². The van der Waals surface area contributed by atoms with Gasteiger partial charge in [0.1, 0.15) is 5.60 Å². The van der Waals surface area contributed by atoms with Gasteiger partial charge in [0.15, 0.2) is 0 Å². The van der Waals surface area contributed by atoms with Crippen molar-refractivity contribution in [1.29, 1.82) is 0 Å². The first-order chi connectivity index (χ1) is 13.7. The van der Waals surface area contributed by atoms with Gasteiger partial charge in [0.25, 0.3) is 11.8 Å². The third kappa shape index (κ3) is 11.9. The van der Waals surface area contributed by atoms with E-state index in [0.29, 0.717) is 45.9 Å². The second-order valence-corrected chi connectivity index (χ2v) is 7.27. The predicted molar refractivity (Wildman–Crippen MR) is 104 cm³/mol. The molecule has 4 amide bonds. The van der Waals surface area contributed by atoms with E-state index in [2.05, 4.69) is 10.6 Å². The maximum Gasteiger partial charge on any atom is 0.407 e. The number of imide groups is 1. The van der Waals surface area contributed by atoms with Crippen molar-refractivity contribution in [3.05, 3.63) is 12.2 Å². The molecule has 2 N–H and O–H groups in total. The van der Waals surface area contributed by atoms with Crippen LogP contribution in [0.1, 0.15) is 33.6 Å². The molecule has 0 aromatic carbocycles. The van der Waals surface area contributed by atoms with Gasteiger partial charge in [-0.3, -0.25) is 19.3 Å². The highest BCUT2D eigenvalue weighted by Gasteiger charge is 2.22. The molecule has 1 heterocycles. The summed E-state index contributed by atoms with van der Waals surface area (Å²) in [5.41, 5.74) is -0.530. The fraction of sp³-hybridized carbons (Fsp3) is 0.684. The van der Waals surface area contributed by atoms with Crippen LogP contribution in [-0.2, 0) is 28.6 Å². The molecule has 0 fully saturated rings. The fourth-order valence-corrected chi connectivity index (χ4v) is 2.26. The minimum Gasteiger partial charge on any atom is -0.444 e. The summed E-state index contributed by atoms with van der Waals surface area (Å²) in [4.78, 5) is 46.9. The number of carbonyl (C=O) groups is 4. The molecule has 0 saturated carbocycles. The van der Waals surface area contributed by atoms with E-state index in [-0.39, 0.29) is 30.7 Å². The van der Waals surface area contributed by atoms with E-state index < -0.39 is 11.7 Å². The molecule has 0 aromatic rings. The van der Waals surface area contributed by atoms with Crippen LogP contribution in [-0.4, -0.2) is 80.4 Å². The van der Waals surface area contributed by atoms with Gasteiger partial charge in [-0.2, -0.15) is 0 Å². The smallest absolute Gasteiger partial charge is 0.407 e. The second-order valence-electron chi connectivity index (χ2n) is 7.27. The zero-order valence-corrected chi connectivity index (χ0v) is 17.3. The van der Waals surface area contributed by atoms with E-state index >= 15 is 0 Å². The highest BCUT2D eigenvalue weighted by atomic mass is 16.6. The number of alkyl carbamates (subject to hydrolysis) is 1. The summed E-state index contributed by atoms with van der Waals surface area (Å²) in [5.74, 6) is -0.844. The van der Waals surface area contributed by atoms with Crippen LogP contribution in [0.5, 0.6) is 0 Å². The number of hydrogen-bond donors (Lipinski definition) is 2. The molecule has 0 bridgehead atoms. The molecular formula is C19H31N3O7. The van der Waals surface area contributed by atoms with Gasteiger partial charge in [-0.25, -0.2) is 4.79 Å². The van der Waals surface area contributed by atoms with Crippen LogP contribution < -0.4 is 10.6 Å². The molecule has 0 unspecified atom stereocenters. The molecule has 0 radical (unpaired) electrons. The van der Waals surface area contributed by atoms with E-state index in [9.17, 15) is 19.2 Å². The van der Waals surface area contributed by atoms with E-state index in [1.807, 2.05) is 0 Å². The Balaban J connectivity index is 1.88. The molecule has 1 rings (SSSR count). The summed E-state index contributed by atoms with van der Waals surface area (Å²) in [6.45, 7) is 7.74.